The van der Waals surface area contributed by atoms with Crippen molar-refractivity contribution in [2.24, 2.45) is 0 Å². The lowest BCUT2D eigenvalue weighted by molar-refractivity contribution is 0.0785. The Balaban J connectivity index is 2.17. The standard InChI is InChI=1S/C13H13FN4O/c1-18(8-9-2-4-16-5-3-9)13(19)11-6-10(14)7-17-12(11)15/h2-7H,8H2,1H3,(H2,15,17). The van der Waals surface area contributed by atoms with E-state index in [9.17, 15) is 9.18 Å². The summed E-state index contributed by atoms with van der Waals surface area (Å²) >= 11 is 0. The Morgan fingerprint density at radius 1 is 1.42 bits per heavy atom. The molecule has 98 valence electrons. The normalized spacial score (nSPS) is 10.2. The molecule has 0 radical (unpaired) electrons. The molecule has 0 fully saturated rings. The lowest BCUT2D eigenvalue weighted by Crippen LogP contribution is -2.27. The van der Waals surface area contributed by atoms with Crippen LogP contribution in [-0.4, -0.2) is 27.8 Å². The van der Waals surface area contributed by atoms with E-state index in [1.54, 1.807) is 31.6 Å². The molecule has 2 heterocycles. The first-order valence-electron chi connectivity index (χ1n) is 5.63. The molecule has 19 heavy (non-hydrogen) atoms. The van der Waals surface area contributed by atoms with Gasteiger partial charge in [-0.15, -0.1) is 0 Å². The van der Waals surface area contributed by atoms with E-state index in [2.05, 4.69) is 9.97 Å². The first-order valence-corrected chi connectivity index (χ1v) is 5.63. The average molecular weight is 260 g/mol. The third kappa shape index (κ3) is 3.04. The van der Waals surface area contributed by atoms with Crippen molar-refractivity contribution in [1.29, 1.82) is 0 Å². The summed E-state index contributed by atoms with van der Waals surface area (Å²) < 4.78 is 13.1. The molecular weight excluding hydrogens is 247 g/mol. The minimum atomic E-state index is -0.588. The maximum absolute atomic E-state index is 13.1. The summed E-state index contributed by atoms with van der Waals surface area (Å²) in [5.74, 6) is -0.941. The molecule has 6 heteroatoms. The van der Waals surface area contributed by atoms with Crippen LogP contribution in [0.4, 0.5) is 10.2 Å². The van der Waals surface area contributed by atoms with E-state index in [0.29, 0.717) is 6.54 Å². The molecule has 2 rings (SSSR count). The molecule has 0 aliphatic rings. The summed E-state index contributed by atoms with van der Waals surface area (Å²) in [5.41, 5.74) is 6.58. The first-order chi connectivity index (χ1) is 9.08. The highest BCUT2D eigenvalue weighted by Crippen LogP contribution is 2.13. The van der Waals surface area contributed by atoms with E-state index in [1.807, 2.05) is 0 Å². The molecule has 0 spiro atoms. The summed E-state index contributed by atoms with van der Waals surface area (Å²) in [5, 5.41) is 0. The fraction of sp³-hybridized carbons (Fsp3) is 0.154. The van der Waals surface area contributed by atoms with Crippen LogP contribution in [0.15, 0.2) is 36.8 Å². The number of pyridine rings is 2. The van der Waals surface area contributed by atoms with Crippen molar-refractivity contribution in [3.8, 4) is 0 Å². The van der Waals surface area contributed by atoms with Gasteiger partial charge in [0.1, 0.15) is 11.6 Å². The largest absolute Gasteiger partial charge is 0.383 e. The smallest absolute Gasteiger partial charge is 0.257 e. The number of carbonyl (C=O) groups is 1. The predicted molar refractivity (Wildman–Crippen MR) is 68.6 cm³/mol. The fourth-order valence-electron chi connectivity index (χ4n) is 1.66. The summed E-state index contributed by atoms with van der Waals surface area (Å²) in [6.45, 7) is 0.386. The highest BCUT2D eigenvalue weighted by atomic mass is 19.1. The molecule has 0 aromatic carbocycles. The van der Waals surface area contributed by atoms with Gasteiger partial charge in [0.25, 0.3) is 5.91 Å². The number of nitrogens with two attached hydrogens (primary N) is 1. The summed E-state index contributed by atoms with van der Waals surface area (Å²) in [6, 6.07) is 4.70. The zero-order valence-corrected chi connectivity index (χ0v) is 10.4. The van der Waals surface area contributed by atoms with Crippen molar-refractivity contribution in [2.45, 2.75) is 6.54 Å². The van der Waals surface area contributed by atoms with Gasteiger partial charge in [0.2, 0.25) is 0 Å². The number of rotatable bonds is 3. The molecule has 1 amide bonds. The first kappa shape index (κ1) is 12.9. The minimum Gasteiger partial charge on any atom is -0.383 e. The van der Waals surface area contributed by atoms with Gasteiger partial charge >= 0.3 is 0 Å². The maximum Gasteiger partial charge on any atom is 0.257 e. The van der Waals surface area contributed by atoms with Gasteiger partial charge in [-0.3, -0.25) is 9.78 Å². The molecule has 0 saturated heterocycles. The lowest BCUT2D eigenvalue weighted by Gasteiger charge is -2.17. The highest BCUT2D eigenvalue weighted by molar-refractivity contribution is 5.98. The van der Waals surface area contributed by atoms with Crippen LogP contribution in [0.5, 0.6) is 0 Å². The van der Waals surface area contributed by atoms with Gasteiger partial charge in [0.05, 0.1) is 11.8 Å². The van der Waals surface area contributed by atoms with E-state index in [-0.39, 0.29) is 17.3 Å². The van der Waals surface area contributed by atoms with Crippen LogP contribution in [0.3, 0.4) is 0 Å². The number of aromatic nitrogens is 2. The number of carbonyl (C=O) groups excluding carboxylic acids is 1. The molecule has 0 bridgehead atoms. The fourth-order valence-corrected chi connectivity index (χ4v) is 1.66. The number of halogens is 1. The highest BCUT2D eigenvalue weighted by Gasteiger charge is 2.16. The minimum absolute atomic E-state index is 0.0213. The van der Waals surface area contributed by atoms with Crippen molar-refractivity contribution in [3.05, 3.63) is 53.7 Å². The quantitative estimate of drug-likeness (QED) is 0.907. The van der Waals surface area contributed by atoms with Crippen molar-refractivity contribution in [1.82, 2.24) is 14.9 Å². The summed E-state index contributed by atoms with van der Waals surface area (Å²) in [4.78, 5) is 21.1. The van der Waals surface area contributed by atoms with Crippen LogP contribution in [0, 0.1) is 5.82 Å². The number of hydrogen-bond acceptors (Lipinski definition) is 4. The topological polar surface area (TPSA) is 72.1 Å². The van der Waals surface area contributed by atoms with E-state index in [0.717, 1.165) is 17.8 Å². The predicted octanol–water partition coefficient (Wildman–Crippen LogP) is 1.47. The van der Waals surface area contributed by atoms with E-state index < -0.39 is 5.82 Å². The zero-order chi connectivity index (χ0) is 13.8. The van der Waals surface area contributed by atoms with E-state index >= 15 is 0 Å². The molecule has 2 aromatic rings. The van der Waals surface area contributed by atoms with Gasteiger partial charge in [-0.25, -0.2) is 9.37 Å². The van der Waals surface area contributed by atoms with Gasteiger partial charge in [-0.1, -0.05) is 0 Å². The summed E-state index contributed by atoms with van der Waals surface area (Å²) in [6.07, 6.45) is 4.27. The van der Waals surface area contributed by atoms with E-state index in [1.165, 1.54) is 4.90 Å². The van der Waals surface area contributed by atoms with Gasteiger partial charge in [0, 0.05) is 26.0 Å². The Morgan fingerprint density at radius 3 is 2.79 bits per heavy atom. The van der Waals surface area contributed by atoms with Crippen molar-refractivity contribution >= 4 is 11.7 Å². The second-order valence-electron chi connectivity index (χ2n) is 4.10. The Morgan fingerprint density at radius 2 is 2.11 bits per heavy atom. The van der Waals surface area contributed by atoms with E-state index in [4.69, 9.17) is 5.73 Å². The van der Waals surface area contributed by atoms with Crippen molar-refractivity contribution in [2.75, 3.05) is 12.8 Å². The number of nitrogens with zero attached hydrogens (tertiary/aromatic N) is 3. The molecule has 5 nitrogen and oxygen atoms in total. The van der Waals surface area contributed by atoms with Crippen LogP contribution in [0.1, 0.15) is 15.9 Å². The number of amides is 1. The van der Waals surface area contributed by atoms with Crippen LogP contribution in [0.25, 0.3) is 0 Å². The Hall–Kier alpha value is -2.50. The van der Waals surface area contributed by atoms with Crippen LogP contribution in [0.2, 0.25) is 0 Å². The molecule has 0 aliphatic carbocycles. The number of hydrogen-bond donors (Lipinski definition) is 1. The Bertz CT molecular complexity index is 588. The zero-order valence-electron chi connectivity index (χ0n) is 10.4. The number of nitrogen functional groups attached to an aromatic ring is 1. The van der Waals surface area contributed by atoms with Crippen LogP contribution in [-0.2, 0) is 6.54 Å². The van der Waals surface area contributed by atoms with Crippen molar-refractivity contribution < 1.29 is 9.18 Å². The lowest BCUT2D eigenvalue weighted by atomic mass is 10.2. The van der Waals surface area contributed by atoms with Gasteiger partial charge < -0.3 is 10.6 Å². The van der Waals surface area contributed by atoms with Gasteiger partial charge in [-0.05, 0) is 23.8 Å². The van der Waals surface area contributed by atoms with Crippen LogP contribution >= 0.6 is 0 Å². The third-order valence-corrected chi connectivity index (χ3v) is 2.63. The molecule has 0 unspecified atom stereocenters. The van der Waals surface area contributed by atoms with Gasteiger partial charge in [-0.2, -0.15) is 0 Å². The van der Waals surface area contributed by atoms with Gasteiger partial charge in [0.15, 0.2) is 0 Å². The Labute approximate surface area is 109 Å². The average Bonchev–Trinajstić information content (AvgIpc) is 2.42. The Kier molecular flexibility index (Phi) is 3.70. The van der Waals surface area contributed by atoms with Crippen molar-refractivity contribution in [3.63, 3.8) is 0 Å². The number of anilines is 1. The summed E-state index contributed by atoms with van der Waals surface area (Å²) in [7, 11) is 1.62. The molecule has 0 aliphatic heterocycles. The SMILES string of the molecule is CN(Cc1ccncc1)C(=O)c1cc(F)cnc1N. The maximum atomic E-state index is 13.1. The third-order valence-electron chi connectivity index (χ3n) is 2.63. The second kappa shape index (κ2) is 5.43. The molecule has 2 N–H and O–H groups in total. The monoisotopic (exact) mass is 260 g/mol. The second-order valence-corrected chi connectivity index (χ2v) is 4.10. The molecule has 0 atom stereocenters. The molecule has 0 saturated carbocycles. The van der Waals surface area contributed by atoms with Crippen LogP contribution < -0.4 is 5.73 Å². The molecular formula is C13H13FN4O. The molecule has 2 aromatic heterocycles.